The highest BCUT2D eigenvalue weighted by atomic mass is 35.5. The van der Waals surface area contributed by atoms with Crippen LogP contribution in [0, 0.1) is 0 Å². The summed E-state index contributed by atoms with van der Waals surface area (Å²) in [6.07, 6.45) is 4.95. The van der Waals surface area contributed by atoms with Gasteiger partial charge in [0.15, 0.2) is 0 Å². The van der Waals surface area contributed by atoms with Crippen molar-refractivity contribution in [2.45, 2.75) is 19.3 Å². The van der Waals surface area contributed by atoms with Gasteiger partial charge in [0.1, 0.15) is 17.2 Å². The van der Waals surface area contributed by atoms with Crippen molar-refractivity contribution >= 4 is 41.6 Å². The number of likely N-dealkylation sites (tertiary alicyclic amines) is 1. The third-order valence-electron chi connectivity index (χ3n) is 3.25. The SMILES string of the molecule is Cl.O=C(O)c1c(Cl)cnc(OCCN2CCCCC2)c1Cl. The fourth-order valence-electron chi connectivity index (χ4n) is 2.20. The lowest BCUT2D eigenvalue weighted by Crippen LogP contribution is -2.33. The highest BCUT2D eigenvalue weighted by Crippen LogP contribution is 2.31. The first-order valence-corrected chi connectivity index (χ1v) is 7.27. The third-order valence-corrected chi connectivity index (χ3v) is 3.89. The minimum Gasteiger partial charge on any atom is -0.478 e. The predicted octanol–water partition coefficient (Wildman–Crippen LogP) is 3.37. The average Bonchev–Trinajstić information content (AvgIpc) is 2.42. The number of hydrogen-bond donors (Lipinski definition) is 1. The summed E-state index contributed by atoms with van der Waals surface area (Å²) in [5.74, 6) is -1.08. The zero-order chi connectivity index (χ0) is 14.5. The largest absolute Gasteiger partial charge is 0.478 e. The van der Waals surface area contributed by atoms with E-state index in [1.54, 1.807) is 0 Å². The minimum atomic E-state index is -1.19. The van der Waals surface area contributed by atoms with Crippen LogP contribution in [0.25, 0.3) is 0 Å². The van der Waals surface area contributed by atoms with E-state index in [9.17, 15) is 4.79 Å². The smallest absolute Gasteiger partial charge is 0.339 e. The van der Waals surface area contributed by atoms with Crippen LogP contribution in [0.4, 0.5) is 0 Å². The van der Waals surface area contributed by atoms with E-state index in [4.69, 9.17) is 33.0 Å². The maximum absolute atomic E-state index is 11.1. The summed E-state index contributed by atoms with van der Waals surface area (Å²) in [4.78, 5) is 17.3. The van der Waals surface area contributed by atoms with E-state index in [1.807, 2.05) is 0 Å². The van der Waals surface area contributed by atoms with Crippen LogP contribution < -0.4 is 4.74 Å². The molecule has 0 saturated carbocycles. The Kier molecular flexibility index (Phi) is 7.52. The molecule has 0 radical (unpaired) electrons. The second-order valence-electron chi connectivity index (χ2n) is 4.66. The Morgan fingerprint density at radius 2 is 2.00 bits per heavy atom. The first-order valence-electron chi connectivity index (χ1n) is 6.52. The maximum Gasteiger partial charge on any atom is 0.339 e. The molecule has 1 fully saturated rings. The van der Waals surface area contributed by atoms with E-state index in [-0.39, 0.29) is 33.9 Å². The molecule has 1 aromatic rings. The number of carbonyl (C=O) groups is 1. The van der Waals surface area contributed by atoms with Crippen LogP contribution in [-0.2, 0) is 0 Å². The molecule has 0 atom stereocenters. The Morgan fingerprint density at radius 3 is 2.62 bits per heavy atom. The van der Waals surface area contributed by atoms with Gasteiger partial charge < -0.3 is 9.84 Å². The number of rotatable bonds is 5. The Balaban J connectivity index is 0.00000220. The third kappa shape index (κ3) is 4.88. The van der Waals surface area contributed by atoms with Gasteiger partial charge in [-0.3, -0.25) is 4.90 Å². The number of hydrogen-bond acceptors (Lipinski definition) is 4. The van der Waals surface area contributed by atoms with Gasteiger partial charge in [0.05, 0.1) is 11.2 Å². The van der Waals surface area contributed by atoms with Gasteiger partial charge in [-0.2, -0.15) is 0 Å². The fraction of sp³-hybridized carbons (Fsp3) is 0.538. The van der Waals surface area contributed by atoms with E-state index in [2.05, 4.69) is 9.88 Å². The summed E-state index contributed by atoms with van der Waals surface area (Å²) in [5.41, 5.74) is -0.170. The van der Waals surface area contributed by atoms with E-state index >= 15 is 0 Å². The molecule has 8 heteroatoms. The first-order chi connectivity index (χ1) is 9.59. The summed E-state index contributed by atoms with van der Waals surface area (Å²) in [5, 5.41) is 8.99. The predicted molar refractivity (Wildman–Crippen MR) is 84.3 cm³/mol. The van der Waals surface area contributed by atoms with Crippen LogP contribution in [-0.4, -0.2) is 47.2 Å². The molecule has 1 aliphatic heterocycles. The van der Waals surface area contributed by atoms with Crippen molar-refractivity contribution < 1.29 is 14.6 Å². The zero-order valence-corrected chi connectivity index (χ0v) is 13.7. The molecule has 1 N–H and O–H groups in total. The Morgan fingerprint density at radius 1 is 1.33 bits per heavy atom. The monoisotopic (exact) mass is 354 g/mol. The van der Waals surface area contributed by atoms with E-state index in [1.165, 1.54) is 25.5 Å². The van der Waals surface area contributed by atoms with Crippen molar-refractivity contribution in [1.82, 2.24) is 9.88 Å². The Hall–Kier alpha value is -0.750. The Bertz CT molecular complexity index is 494. The quantitative estimate of drug-likeness (QED) is 0.877. The zero-order valence-electron chi connectivity index (χ0n) is 11.3. The minimum absolute atomic E-state index is 0. The molecule has 0 unspecified atom stereocenters. The summed E-state index contributed by atoms with van der Waals surface area (Å²) < 4.78 is 5.48. The molecule has 2 heterocycles. The normalized spacial score (nSPS) is 15.3. The number of nitrogens with zero attached hydrogens (tertiary/aromatic N) is 2. The van der Waals surface area contributed by atoms with Gasteiger partial charge in [0, 0.05) is 6.54 Å². The average molecular weight is 356 g/mol. The van der Waals surface area contributed by atoms with Crippen molar-refractivity contribution in [2.24, 2.45) is 0 Å². The number of aromatic carboxylic acids is 1. The molecule has 1 saturated heterocycles. The van der Waals surface area contributed by atoms with Crippen LogP contribution in [0.2, 0.25) is 10.0 Å². The van der Waals surface area contributed by atoms with Crippen LogP contribution in [0.5, 0.6) is 5.88 Å². The fourth-order valence-corrected chi connectivity index (χ4v) is 2.76. The highest BCUT2D eigenvalue weighted by Gasteiger charge is 2.19. The van der Waals surface area contributed by atoms with Gasteiger partial charge >= 0.3 is 5.97 Å². The van der Waals surface area contributed by atoms with E-state index in [0.717, 1.165) is 19.6 Å². The second-order valence-corrected chi connectivity index (χ2v) is 5.44. The summed E-state index contributed by atoms with van der Waals surface area (Å²) in [7, 11) is 0. The van der Waals surface area contributed by atoms with Crippen molar-refractivity contribution in [3.63, 3.8) is 0 Å². The van der Waals surface area contributed by atoms with Gasteiger partial charge in [-0.05, 0) is 25.9 Å². The molecule has 0 spiro atoms. The van der Waals surface area contributed by atoms with Crippen molar-refractivity contribution in [1.29, 1.82) is 0 Å². The summed E-state index contributed by atoms with van der Waals surface area (Å²) in [6, 6.07) is 0. The first kappa shape index (κ1) is 18.3. The lowest BCUT2D eigenvalue weighted by Gasteiger charge is -2.26. The van der Waals surface area contributed by atoms with Crippen LogP contribution in [0.1, 0.15) is 29.6 Å². The van der Waals surface area contributed by atoms with E-state index < -0.39 is 5.97 Å². The molecule has 0 amide bonds. The standard InChI is InChI=1S/C13H16Cl2N2O3.ClH/c14-9-8-16-12(11(15)10(9)13(18)19)20-7-6-17-4-2-1-3-5-17;/h8H,1-7H2,(H,18,19);1H. The van der Waals surface area contributed by atoms with Crippen LogP contribution in [0.3, 0.4) is 0 Å². The van der Waals surface area contributed by atoms with Crippen molar-refractivity contribution in [3.05, 3.63) is 21.8 Å². The topological polar surface area (TPSA) is 62.7 Å². The van der Waals surface area contributed by atoms with Gasteiger partial charge in [0.25, 0.3) is 0 Å². The van der Waals surface area contributed by atoms with Gasteiger partial charge in [-0.25, -0.2) is 9.78 Å². The molecule has 5 nitrogen and oxygen atoms in total. The van der Waals surface area contributed by atoms with Gasteiger partial charge in [-0.1, -0.05) is 29.6 Å². The summed E-state index contributed by atoms with van der Waals surface area (Å²) in [6.45, 7) is 3.35. The molecule has 0 aromatic carbocycles. The van der Waals surface area contributed by atoms with Crippen LogP contribution in [0.15, 0.2) is 6.20 Å². The molecular weight excluding hydrogens is 339 g/mol. The number of aromatic nitrogens is 1. The lowest BCUT2D eigenvalue weighted by molar-refractivity contribution is 0.0696. The number of ether oxygens (including phenoxy) is 1. The number of carboxylic acid groups (broad SMARTS) is 1. The Labute approximate surface area is 139 Å². The van der Waals surface area contributed by atoms with Gasteiger partial charge in [0.2, 0.25) is 5.88 Å². The number of pyridine rings is 1. The highest BCUT2D eigenvalue weighted by molar-refractivity contribution is 6.39. The van der Waals surface area contributed by atoms with Crippen molar-refractivity contribution in [2.75, 3.05) is 26.2 Å². The molecular formula is C13H17Cl3N2O3. The molecule has 118 valence electrons. The molecule has 0 aliphatic carbocycles. The number of carboxylic acids is 1. The second kappa shape index (κ2) is 8.63. The summed E-state index contributed by atoms with van der Waals surface area (Å²) >= 11 is 11.7. The van der Waals surface area contributed by atoms with Gasteiger partial charge in [-0.15, -0.1) is 12.4 Å². The molecule has 1 aromatic heterocycles. The maximum atomic E-state index is 11.1. The van der Waals surface area contributed by atoms with E-state index in [0.29, 0.717) is 6.61 Å². The number of halogens is 3. The lowest BCUT2D eigenvalue weighted by atomic mass is 10.1. The van der Waals surface area contributed by atoms with Crippen molar-refractivity contribution in [3.8, 4) is 5.88 Å². The van der Waals surface area contributed by atoms with Crippen LogP contribution >= 0.6 is 35.6 Å². The molecule has 1 aliphatic rings. The number of piperidine rings is 1. The molecule has 2 rings (SSSR count). The molecule has 21 heavy (non-hydrogen) atoms. The molecule has 0 bridgehead atoms.